The van der Waals surface area contributed by atoms with Gasteiger partial charge in [-0.2, -0.15) is 0 Å². The lowest BCUT2D eigenvalue weighted by Crippen LogP contribution is -2.11. The molecule has 1 aromatic carbocycles. The molecule has 0 atom stereocenters. The van der Waals surface area contributed by atoms with Gasteiger partial charge in [0.05, 0.1) is 12.7 Å². The van der Waals surface area contributed by atoms with Crippen molar-refractivity contribution in [2.75, 3.05) is 13.7 Å². The summed E-state index contributed by atoms with van der Waals surface area (Å²) >= 11 is 7.54. The third-order valence-electron chi connectivity index (χ3n) is 2.39. The van der Waals surface area contributed by atoms with E-state index in [0.29, 0.717) is 5.02 Å². The Morgan fingerprint density at radius 3 is 2.94 bits per heavy atom. The first-order valence-corrected chi connectivity index (χ1v) is 6.81. The lowest BCUT2D eigenvalue weighted by Gasteiger charge is -2.05. The molecule has 2 rings (SSSR count). The Labute approximate surface area is 115 Å². The van der Waals surface area contributed by atoms with Gasteiger partial charge in [-0.1, -0.05) is 29.9 Å². The largest absolute Gasteiger partial charge is 0.496 e. The van der Waals surface area contributed by atoms with E-state index in [4.69, 9.17) is 16.3 Å². The average molecular weight is 284 g/mol. The zero-order valence-electron chi connectivity index (χ0n) is 10.2. The predicted molar refractivity (Wildman–Crippen MR) is 74.3 cm³/mol. The van der Waals surface area contributed by atoms with E-state index in [-0.39, 0.29) is 0 Å². The molecule has 1 N–H and O–H groups in total. The van der Waals surface area contributed by atoms with Crippen molar-refractivity contribution in [1.29, 1.82) is 0 Å². The molecule has 0 unspecified atom stereocenters. The summed E-state index contributed by atoms with van der Waals surface area (Å²) in [5.74, 6) is 0.755. The van der Waals surface area contributed by atoms with E-state index < -0.39 is 0 Å². The van der Waals surface area contributed by atoms with Gasteiger partial charge in [-0.3, -0.25) is 0 Å². The van der Waals surface area contributed by atoms with Crippen molar-refractivity contribution >= 4 is 22.9 Å². The van der Waals surface area contributed by atoms with Crippen LogP contribution in [0.2, 0.25) is 5.02 Å². The number of methoxy groups -OCH3 is 1. The monoisotopic (exact) mass is 283 g/mol. The Morgan fingerprint density at radius 1 is 1.39 bits per heavy atom. The number of hydrogen-bond acceptors (Lipinski definition) is 5. The highest BCUT2D eigenvalue weighted by Gasteiger charge is 2.12. The summed E-state index contributed by atoms with van der Waals surface area (Å²) in [6, 6.07) is 5.48. The van der Waals surface area contributed by atoms with Crippen LogP contribution >= 0.6 is 22.9 Å². The second kappa shape index (κ2) is 6.13. The molecule has 0 fully saturated rings. The minimum Gasteiger partial charge on any atom is -0.496 e. The van der Waals surface area contributed by atoms with E-state index in [1.165, 1.54) is 0 Å². The smallest absolute Gasteiger partial charge is 0.151 e. The Hall–Kier alpha value is -1.17. The molecule has 0 radical (unpaired) electrons. The van der Waals surface area contributed by atoms with Crippen molar-refractivity contribution < 1.29 is 4.74 Å². The van der Waals surface area contributed by atoms with E-state index in [0.717, 1.165) is 34.4 Å². The number of hydrogen-bond donors (Lipinski definition) is 1. The van der Waals surface area contributed by atoms with Gasteiger partial charge in [0.1, 0.15) is 10.8 Å². The highest BCUT2D eigenvalue weighted by molar-refractivity contribution is 7.14. The fraction of sp³-hybridized carbons (Fsp3) is 0.333. The molecular formula is C12H14ClN3OS. The highest BCUT2D eigenvalue weighted by atomic mass is 35.5. The predicted octanol–water partition coefficient (Wildman–Crippen LogP) is 2.98. The van der Waals surface area contributed by atoms with Gasteiger partial charge in [0.15, 0.2) is 5.01 Å². The van der Waals surface area contributed by atoms with Crippen molar-refractivity contribution in [2.24, 2.45) is 0 Å². The molecule has 0 aliphatic rings. The summed E-state index contributed by atoms with van der Waals surface area (Å²) in [5.41, 5.74) is 0.880. The first-order valence-electron chi connectivity index (χ1n) is 5.61. The molecule has 0 aliphatic heterocycles. The van der Waals surface area contributed by atoms with E-state index >= 15 is 0 Å². The standard InChI is InChI=1S/C12H14ClN3OS/c1-3-14-7-11-15-16-12(18-11)9-6-8(13)4-5-10(9)17-2/h4-6,14H,3,7H2,1-2H3. The first kappa shape index (κ1) is 13.3. The van der Waals surface area contributed by atoms with Crippen molar-refractivity contribution in [3.05, 3.63) is 28.2 Å². The van der Waals surface area contributed by atoms with Crippen molar-refractivity contribution in [3.63, 3.8) is 0 Å². The van der Waals surface area contributed by atoms with Crippen LogP contribution in [0.3, 0.4) is 0 Å². The molecular weight excluding hydrogens is 270 g/mol. The Bertz CT molecular complexity index is 530. The molecule has 18 heavy (non-hydrogen) atoms. The van der Waals surface area contributed by atoms with Crippen molar-refractivity contribution in [1.82, 2.24) is 15.5 Å². The third kappa shape index (κ3) is 2.98. The maximum atomic E-state index is 6.00. The van der Waals surface area contributed by atoms with Gasteiger partial charge in [-0.05, 0) is 24.7 Å². The number of nitrogens with one attached hydrogen (secondary N) is 1. The summed E-state index contributed by atoms with van der Waals surface area (Å²) in [7, 11) is 1.63. The molecule has 0 spiro atoms. The SMILES string of the molecule is CCNCc1nnc(-c2cc(Cl)ccc2OC)s1. The van der Waals surface area contributed by atoms with Crippen LogP contribution in [0.5, 0.6) is 5.75 Å². The fourth-order valence-corrected chi connectivity index (χ4v) is 2.52. The average Bonchev–Trinajstić information content (AvgIpc) is 2.85. The molecule has 1 aromatic heterocycles. The molecule has 0 saturated heterocycles. The van der Waals surface area contributed by atoms with Crippen LogP contribution in [-0.4, -0.2) is 23.9 Å². The van der Waals surface area contributed by atoms with Gasteiger partial charge in [-0.15, -0.1) is 10.2 Å². The van der Waals surface area contributed by atoms with Gasteiger partial charge in [0, 0.05) is 11.6 Å². The Kier molecular flexibility index (Phi) is 4.52. The molecule has 0 amide bonds. The van der Waals surface area contributed by atoms with Crippen molar-refractivity contribution in [2.45, 2.75) is 13.5 Å². The highest BCUT2D eigenvalue weighted by Crippen LogP contribution is 2.34. The Balaban J connectivity index is 2.30. The zero-order chi connectivity index (χ0) is 13.0. The second-order valence-electron chi connectivity index (χ2n) is 3.63. The van der Waals surface area contributed by atoms with Crippen LogP contribution in [-0.2, 0) is 6.54 Å². The fourth-order valence-electron chi connectivity index (χ4n) is 1.51. The van der Waals surface area contributed by atoms with E-state index in [1.54, 1.807) is 24.5 Å². The van der Waals surface area contributed by atoms with Gasteiger partial charge in [-0.25, -0.2) is 0 Å². The first-order chi connectivity index (χ1) is 8.74. The maximum absolute atomic E-state index is 6.00. The lowest BCUT2D eigenvalue weighted by molar-refractivity contribution is 0.416. The van der Waals surface area contributed by atoms with Crippen LogP contribution in [0, 0.1) is 0 Å². The number of halogens is 1. The summed E-state index contributed by atoms with van der Waals surface area (Å²) in [6.07, 6.45) is 0. The summed E-state index contributed by atoms with van der Waals surface area (Å²) in [6.45, 7) is 3.70. The van der Waals surface area contributed by atoms with Gasteiger partial charge in [0.2, 0.25) is 0 Å². The molecule has 0 aliphatic carbocycles. The number of benzene rings is 1. The zero-order valence-corrected chi connectivity index (χ0v) is 11.8. The molecule has 2 aromatic rings. The Morgan fingerprint density at radius 2 is 2.22 bits per heavy atom. The number of nitrogens with zero attached hydrogens (tertiary/aromatic N) is 2. The summed E-state index contributed by atoms with van der Waals surface area (Å²) < 4.78 is 5.31. The van der Waals surface area contributed by atoms with E-state index in [2.05, 4.69) is 22.4 Å². The molecule has 0 bridgehead atoms. The second-order valence-corrected chi connectivity index (χ2v) is 5.12. The summed E-state index contributed by atoms with van der Waals surface area (Å²) in [4.78, 5) is 0. The summed E-state index contributed by atoms with van der Waals surface area (Å²) in [5, 5.41) is 14.0. The van der Waals surface area contributed by atoms with Gasteiger partial charge in [0.25, 0.3) is 0 Å². The minimum absolute atomic E-state index is 0.661. The van der Waals surface area contributed by atoms with Crippen LogP contribution < -0.4 is 10.1 Å². The quantitative estimate of drug-likeness (QED) is 0.916. The van der Waals surface area contributed by atoms with Crippen LogP contribution in [0.4, 0.5) is 0 Å². The third-order valence-corrected chi connectivity index (χ3v) is 3.58. The molecule has 1 heterocycles. The van der Waals surface area contributed by atoms with Gasteiger partial charge >= 0.3 is 0 Å². The number of rotatable bonds is 5. The number of aromatic nitrogens is 2. The van der Waals surface area contributed by atoms with Crippen molar-refractivity contribution in [3.8, 4) is 16.3 Å². The normalized spacial score (nSPS) is 10.6. The molecule has 6 heteroatoms. The van der Waals surface area contributed by atoms with Gasteiger partial charge < -0.3 is 10.1 Å². The lowest BCUT2D eigenvalue weighted by atomic mass is 10.2. The van der Waals surface area contributed by atoms with E-state index in [1.807, 2.05) is 12.1 Å². The van der Waals surface area contributed by atoms with E-state index in [9.17, 15) is 0 Å². The van der Waals surface area contributed by atoms with Crippen LogP contribution in [0.1, 0.15) is 11.9 Å². The van der Waals surface area contributed by atoms with Crippen LogP contribution in [0.25, 0.3) is 10.6 Å². The maximum Gasteiger partial charge on any atom is 0.151 e. The minimum atomic E-state index is 0.661. The van der Waals surface area contributed by atoms with Crippen LogP contribution in [0.15, 0.2) is 18.2 Å². The number of ether oxygens (including phenoxy) is 1. The molecule has 96 valence electrons. The molecule has 0 saturated carbocycles. The topological polar surface area (TPSA) is 47.0 Å². The molecule has 4 nitrogen and oxygen atoms in total.